The minimum Gasteiger partial charge on any atom is -0.493 e. The minimum absolute atomic E-state index is 0.218. The maximum Gasteiger partial charge on any atom is 0.197 e. The van der Waals surface area contributed by atoms with Crippen molar-refractivity contribution < 1.29 is 13.9 Å². The second-order valence-corrected chi connectivity index (χ2v) is 4.49. The number of nitrogens with two attached hydrogens (primary N) is 1. The van der Waals surface area contributed by atoms with E-state index in [1.54, 1.807) is 20.3 Å². The molecule has 1 heterocycles. The van der Waals surface area contributed by atoms with Crippen LogP contribution in [-0.2, 0) is 6.42 Å². The monoisotopic (exact) mass is 281 g/mol. The molecule has 19 heavy (non-hydrogen) atoms. The maximum absolute atomic E-state index is 6.12. The lowest BCUT2D eigenvalue weighted by Gasteiger charge is -2.13. The summed E-state index contributed by atoms with van der Waals surface area (Å²) in [5.74, 6) is 1.38. The average molecular weight is 282 g/mol. The van der Waals surface area contributed by atoms with Crippen LogP contribution in [0.15, 0.2) is 34.9 Å². The molecule has 0 bridgehead atoms. The molecule has 0 saturated heterocycles. The zero-order valence-electron chi connectivity index (χ0n) is 10.9. The van der Waals surface area contributed by atoms with E-state index in [0.29, 0.717) is 23.1 Å². The van der Waals surface area contributed by atoms with Gasteiger partial charge in [0, 0.05) is 11.6 Å². The summed E-state index contributed by atoms with van der Waals surface area (Å²) in [6.45, 7) is 0. The summed E-state index contributed by atoms with van der Waals surface area (Å²) < 4.78 is 15.5. The standard InChI is InChI=1S/C14H16ClNO3/c1-17-12-4-3-9(8-13(12)18-2)7-11(16)10-5-6-19-14(10)15/h3-6,8,11H,7,16H2,1-2H3. The molecule has 0 aliphatic heterocycles. The van der Waals surface area contributed by atoms with Gasteiger partial charge < -0.3 is 19.6 Å². The molecule has 0 aliphatic rings. The molecule has 2 rings (SSSR count). The molecule has 5 heteroatoms. The fourth-order valence-corrected chi connectivity index (χ4v) is 2.20. The fourth-order valence-electron chi connectivity index (χ4n) is 1.94. The van der Waals surface area contributed by atoms with Crippen molar-refractivity contribution in [2.75, 3.05) is 14.2 Å². The zero-order chi connectivity index (χ0) is 13.8. The van der Waals surface area contributed by atoms with E-state index in [1.807, 2.05) is 18.2 Å². The predicted molar refractivity (Wildman–Crippen MR) is 73.9 cm³/mol. The Morgan fingerprint density at radius 2 is 1.95 bits per heavy atom. The summed E-state index contributed by atoms with van der Waals surface area (Å²) in [4.78, 5) is 0. The normalized spacial score (nSPS) is 12.2. The number of ether oxygens (including phenoxy) is 2. The number of rotatable bonds is 5. The third-order valence-electron chi connectivity index (χ3n) is 2.95. The van der Waals surface area contributed by atoms with Crippen molar-refractivity contribution in [3.63, 3.8) is 0 Å². The van der Waals surface area contributed by atoms with Crippen LogP contribution in [0.3, 0.4) is 0 Å². The number of furan rings is 1. The first-order valence-corrected chi connectivity index (χ1v) is 6.23. The molecule has 2 N–H and O–H groups in total. The number of methoxy groups -OCH3 is 2. The Morgan fingerprint density at radius 1 is 1.21 bits per heavy atom. The number of hydrogen-bond donors (Lipinski definition) is 1. The van der Waals surface area contributed by atoms with E-state index in [9.17, 15) is 0 Å². The SMILES string of the molecule is COc1ccc(CC(N)c2ccoc2Cl)cc1OC. The van der Waals surface area contributed by atoms with E-state index in [4.69, 9.17) is 31.2 Å². The summed E-state index contributed by atoms with van der Waals surface area (Å²) in [5.41, 5.74) is 7.96. The summed E-state index contributed by atoms with van der Waals surface area (Å²) in [7, 11) is 3.21. The Hall–Kier alpha value is -1.65. The van der Waals surface area contributed by atoms with Crippen LogP contribution in [0.2, 0.25) is 5.22 Å². The van der Waals surface area contributed by atoms with Gasteiger partial charge in [-0.15, -0.1) is 0 Å². The molecule has 0 saturated carbocycles. The second-order valence-electron chi connectivity index (χ2n) is 4.15. The minimum atomic E-state index is -0.218. The first-order valence-electron chi connectivity index (χ1n) is 5.85. The molecule has 0 amide bonds. The van der Waals surface area contributed by atoms with Gasteiger partial charge in [0.1, 0.15) is 0 Å². The molecular formula is C14H16ClNO3. The first kappa shape index (κ1) is 13.8. The average Bonchev–Trinajstić information content (AvgIpc) is 2.85. The van der Waals surface area contributed by atoms with E-state index >= 15 is 0 Å². The van der Waals surface area contributed by atoms with Gasteiger partial charge in [-0.05, 0) is 41.8 Å². The van der Waals surface area contributed by atoms with E-state index in [0.717, 1.165) is 11.1 Å². The summed E-state index contributed by atoms with van der Waals surface area (Å²) in [5, 5.41) is 0.341. The number of halogens is 1. The van der Waals surface area contributed by atoms with Crippen LogP contribution in [0.1, 0.15) is 17.2 Å². The van der Waals surface area contributed by atoms with Crippen LogP contribution in [0.4, 0.5) is 0 Å². The van der Waals surface area contributed by atoms with Gasteiger partial charge >= 0.3 is 0 Å². The molecule has 1 aromatic heterocycles. The van der Waals surface area contributed by atoms with Crippen LogP contribution in [0.5, 0.6) is 11.5 Å². The number of hydrogen-bond acceptors (Lipinski definition) is 4. The van der Waals surface area contributed by atoms with E-state index in [2.05, 4.69) is 0 Å². The van der Waals surface area contributed by atoms with Gasteiger partial charge in [-0.2, -0.15) is 0 Å². The van der Waals surface area contributed by atoms with Gasteiger partial charge in [-0.3, -0.25) is 0 Å². The Kier molecular flexibility index (Phi) is 4.35. The van der Waals surface area contributed by atoms with E-state index in [1.165, 1.54) is 6.26 Å². The highest BCUT2D eigenvalue weighted by atomic mass is 35.5. The molecule has 1 aromatic carbocycles. The Labute approximate surface area is 117 Å². The van der Waals surface area contributed by atoms with Gasteiger partial charge in [0.15, 0.2) is 16.7 Å². The molecule has 102 valence electrons. The summed E-state index contributed by atoms with van der Waals surface area (Å²) >= 11 is 5.92. The van der Waals surface area contributed by atoms with Crippen LogP contribution in [0.25, 0.3) is 0 Å². The van der Waals surface area contributed by atoms with Crippen molar-refractivity contribution in [2.24, 2.45) is 5.73 Å². The van der Waals surface area contributed by atoms with Crippen LogP contribution >= 0.6 is 11.6 Å². The fraction of sp³-hybridized carbons (Fsp3) is 0.286. The van der Waals surface area contributed by atoms with Gasteiger partial charge in [0.2, 0.25) is 0 Å². The zero-order valence-corrected chi connectivity index (χ0v) is 11.6. The van der Waals surface area contributed by atoms with Gasteiger partial charge in [-0.25, -0.2) is 0 Å². The molecule has 1 atom stereocenters. The molecule has 0 fully saturated rings. The lowest BCUT2D eigenvalue weighted by Crippen LogP contribution is -2.13. The van der Waals surface area contributed by atoms with E-state index in [-0.39, 0.29) is 6.04 Å². The largest absolute Gasteiger partial charge is 0.493 e. The third kappa shape index (κ3) is 3.03. The van der Waals surface area contributed by atoms with Crippen LogP contribution in [-0.4, -0.2) is 14.2 Å². The van der Waals surface area contributed by atoms with Crippen molar-refractivity contribution in [1.29, 1.82) is 0 Å². The van der Waals surface area contributed by atoms with Gasteiger partial charge in [0.25, 0.3) is 0 Å². The maximum atomic E-state index is 6.12. The molecular weight excluding hydrogens is 266 g/mol. The lowest BCUT2D eigenvalue weighted by atomic mass is 10.0. The molecule has 1 unspecified atom stereocenters. The van der Waals surface area contributed by atoms with Crippen molar-refractivity contribution in [3.8, 4) is 11.5 Å². The van der Waals surface area contributed by atoms with Gasteiger partial charge in [-0.1, -0.05) is 6.07 Å². The van der Waals surface area contributed by atoms with Crippen molar-refractivity contribution >= 4 is 11.6 Å². The smallest absolute Gasteiger partial charge is 0.197 e. The number of benzene rings is 1. The first-order chi connectivity index (χ1) is 9.15. The highest BCUT2D eigenvalue weighted by Crippen LogP contribution is 2.30. The Bertz CT molecular complexity index is 553. The van der Waals surface area contributed by atoms with Crippen LogP contribution < -0.4 is 15.2 Å². The van der Waals surface area contributed by atoms with Crippen LogP contribution in [0, 0.1) is 0 Å². The molecule has 2 aromatic rings. The molecule has 0 spiro atoms. The Morgan fingerprint density at radius 3 is 2.53 bits per heavy atom. The summed E-state index contributed by atoms with van der Waals surface area (Å²) in [6, 6.07) is 7.29. The highest BCUT2D eigenvalue weighted by Gasteiger charge is 2.14. The Balaban J connectivity index is 2.17. The molecule has 0 radical (unpaired) electrons. The third-order valence-corrected chi connectivity index (χ3v) is 3.26. The second kappa shape index (κ2) is 5.99. The lowest BCUT2D eigenvalue weighted by molar-refractivity contribution is 0.354. The van der Waals surface area contributed by atoms with Crippen molar-refractivity contribution in [1.82, 2.24) is 0 Å². The summed E-state index contributed by atoms with van der Waals surface area (Å²) in [6.07, 6.45) is 2.17. The van der Waals surface area contributed by atoms with Gasteiger partial charge in [0.05, 0.1) is 20.5 Å². The molecule has 0 aliphatic carbocycles. The highest BCUT2D eigenvalue weighted by molar-refractivity contribution is 6.29. The quantitative estimate of drug-likeness (QED) is 0.914. The predicted octanol–water partition coefficient (Wildman–Crippen LogP) is 3.19. The topological polar surface area (TPSA) is 57.6 Å². The van der Waals surface area contributed by atoms with Crippen molar-refractivity contribution in [3.05, 3.63) is 46.9 Å². The van der Waals surface area contributed by atoms with Crippen molar-refractivity contribution in [2.45, 2.75) is 12.5 Å². The van der Waals surface area contributed by atoms with E-state index < -0.39 is 0 Å². The molecule has 4 nitrogen and oxygen atoms in total.